The fraction of sp³-hybridized carbons (Fsp3) is 0.304. The molecule has 0 aromatic heterocycles. The van der Waals surface area contributed by atoms with Crippen LogP contribution < -0.4 is 5.32 Å². The third-order valence-corrected chi connectivity index (χ3v) is 7.56. The van der Waals surface area contributed by atoms with Crippen LogP contribution in [0.25, 0.3) is 6.08 Å². The minimum Gasteiger partial charge on any atom is -0.449 e. The molecule has 7 nitrogen and oxygen atoms in total. The summed E-state index contributed by atoms with van der Waals surface area (Å²) >= 11 is 11.9. The van der Waals surface area contributed by atoms with Gasteiger partial charge in [0, 0.05) is 34.9 Å². The number of carbonyl (C=O) groups is 2. The molecule has 0 unspecified atom stereocenters. The first-order chi connectivity index (χ1) is 15.5. The number of carbonyl (C=O) groups excluding carboxylic acids is 2. The lowest BCUT2D eigenvalue weighted by Crippen LogP contribution is -2.31. The first kappa shape index (κ1) is 26.9. The zero-order valence-corrected chi connectivity index (χ0v) is 21.1. The number of rotatable bonds is 9. The van der Waals surface area contributed by atoms with Gasteiger partial charge in [0.05, 0.1) is 4.90 Å². The van der Waals surface area contributed by atoms with Gasteiger partial charge in [0.25, 0.3) is 5.91 Å². The first-order valence-corrected chi connectivity index (χ1v) is 12.4. The normalized spacial score (nSPS) is 12.7. The zero-order valence-electron chi connectivity index (χ0n) is 18.8. The van der Waals surface area contributed by atoms with Crippen molar-refractivity contribution in [3.63, 3.8) is 0 Å². The van der Waals surface area contributed by atoms with Gasteiger partial charge >= 0.3 is 5.97 Å². The van der Waals surface area contributed by atoms with Crippen LogP contribution in [0.2, 0.25) is 10.0 Å². The highest BCUT2D eigenvalue weighted by Gasteiger charge is 2.24. The SMILES string of the molecule is CCN(CC)S(=O)(=O)c1cc(NC(=O)[C@H](C)OC(=O)/C=C/c2ccc(Cl)cc2Cl)ccc1C. The summed E-state index contributed by atoms with van der Waals surface area (Å²) in [4.78, 5) is 24.7. The van der Waals surface area contributed by atoms with Crippen molar-refractivity contribution in [2.45, 2.75) is 38.7 Å². The maximum atomic E-state index is 12.9. The number of amides is 1. The molecule has 10 heteroatoms. The molecule has 1 amide bonds. The van der Waals surface area contributed by atoms with Crippen molar-refractivity contribution in [2.24, 2.45) is 0 Å². The summed E-state index contributed by atoms with van der Waals surface area (Å²) in [5.74, 6) is -1.34. The monoisotopic (exact) mass is 512 g/mol. The van der Waals surface area contributed by atoms with Gasteiger partial charge in [0.2, 0.25) is 10.0 Å². The molecule has 0 aliphatic heterocycles. The van der Waals surface area contributed by atoms with Crippen LogP contribution in [-0.2, 0) is 24.3 Å². The number of nitrogens with one attached hydrogen (secondary N) is 1. The summed E-state index contributed by atoms with van der Waals surface area (Å²) in [5.41, 5.74) is 1.41. The van der Waals surface area contributed by atoms with Crippen LogP contribution in [0, 0.1) is 6.92 Å². The number of halogens is 2. The topological polar surface area (TPSA) is 92.8 Å². The largest absolute Gasteiger partial charge is 0.449 e. The average molecular weight is 513 g/mol. The Balaban J connectivity index is 2.08. The second-order valence-corrected chi connectivity index (χ2v) is 9.89. The van der Waals surface area contributed by atoms with E-state index in [0.29, 0.717) is 34.3 Å². The van der Waals surface area contributed by atoms with Crippen molar-refractivity contribution in [1.82, 2.24) is 4.31 Å². The number of hydrogen-bond donors (Lipinski definition) is 1. The van der Waals surface area contributed by atoms with Gasteiger partial charge in [-0.05, 0) is 55.3 Å². The number of sulfonamides is 1. The van der Waals surface area contributed by atoms with Crippen molar-refractivity contribution >= 4 is 56.9 Å². The Kier molecular flexibility index (Phi) is 9.48. The molecule has 0 radical (unpaired) electrons. The molecule has 0 aliphatic rings. The maximum Gasteiger partial charge on any atom is 0.331 e. The van der Waals surface area contributed by atoms with Crippen LogP contribution in [0.5, 0.6) is 0 Å². The molecule has 0 bridgehead atoms. The van der Waals surface area contributed by atoms with E-state index < -0.39 is 28.0 Å². The maximum absolute atomic E-state index is 12.9. The molecule has 1 N–H and O–H groups in total. The third-order valence-electron chi connectivity index (χ3n) is 4.80. The molecule has 33 heavy (non-hydrogen) atoms. The molecule has 2 rings (SSSR count). The second-order valence-electron chi connectivity index (χ2n) is 7.14. The fourth-order valence-electron chi connectivity index (χ4n) is 2.96. The Morgan fingerprint density at radius 3 is 2.39 bits per heavy atom. The van der Waals surface area contributed by atoms with E-state index in [9.17, 15) is 18.0 Å². The van der Waals surface area contributed by atoms with Crippen molar-refractivity contribution in [1.29, 1.82) is 0 Å². The number of esters is 1. The van der Waals surface area contributed by atoms with E-state index in [1.807, 2.05) is 0 Å². The summed E-state index contributed by atoms with van der Waals surface area (Å²) < 4.78 is 32.2. The second kappa shape index (κ2) is 11.7. The van der Waals surface area contributed by atoms with Crippen LogP contribution >= 0.6 is 23.2 Å². The van der Waals surface area contributed by atoms with E-state index in [-0.39, 0.29) is 10.6 Å². The summed E-state index contributed by atoms with van der Waals surface area (Å²) in [6.45, 7) is 7.28. The number of ether oxygens (including phenoxy) is 1. The minimum atomic E-state index is -3.70. The Morgan fingerprint density at radius 1 is 1.12 bits per heavy atom. The predicted octanol–water partition coefficient (Wildman–Crippen LogP) is 4.92. The number of hydrogen-bond acceptors (Lipinski definition) is 5. The van der Waals surface area contributed by atoms with E-state index in [1.54, 1.807) is 51.1 Å². The summed E-state index contributed by atoms with van der Waals surface area (Å²) in [6.07, 6.45) is 1.49. The molecule has 0 fully saturated rings. The molecule has 178 valence electrons. The van der Waals surface area contributed by atoms with Crippen LogP contribution in [-0.4, -0.2) is 43.8 Å². The Bertz CT molecular complexity index is 1160. The van der Waals surface area contributed by atoms with Gasteiger partial charge in [-0.15, -0.1) is 0 Å². The van der Waals surface area contributed by atoms with Crippen LogP contribution in [0.4, 0.5) is 5.69 Å². The van der Waals surface area contributed by atoms with Gasteiger partial charge in [-0.3, -0.25) is 4.79 Å². The highest BCUT2D eigenvalue weighted by atomic mass is 35.5. The molecule has 2 aromatic rings. The third kappa shape index (κ3) is 7.04. The lowest BCUT2D eigenvalue weighted by atomic mass is 10.2. The van der Waals surface area contributed by atoms with Crippen LogP contribution in [0.3, 0.4) is 0 Å². The van der Waals surface area contributed by atoms with Crippen molar-refractivity contribution in [3.8, 4) is 0 Å². The highest BCUT2D eigenvalue weighted by molar-refractivity contribution is 7.89. The minimum absolute atomic E-state index is 0.108. The molecular formula is C23H26Cl2N2O5S. The van der Waals surface area contributed by atoms with E-state index in [4.69, 9.17) is 27.9 Å². The predicted molar refractivity (Wildman–Crippen MR) is 131 cm³/mol. The van der Waals surface area contributed by atoms with Crippen LogP contribution in [0.1, 0.15) is 31.9 Å². The Morgan fingerprint density at radius 2 is 1.79 bits per heavy atom. The molecule has 0 heterocycles. The molecule has 0 spiro atoms. The molecule has 1 atom stereocenters. The first-order valence-electron chi connectivity index (χ1n) is 10.2. The standard InChI is InChI=1S/C23H26Cl2N2O5S/c1-5-27(6-2)33(30,31)21-14-19(11-7-15(21)3)26-23(29)16(4)32-22(28)12-9-17-8-10-18(24)13-20(17)25/h7-14,16H,5-6H2,1-4H3,(H,26,29)/b12-9+/t16-/m0/s1. The van der Waals surface area contributed by atoms with Crippen molar-refractivity contribution < 1.29 is 22.7 Å². The van der Waals surface area contributed by atoms with Crippen molar-refractivity contribution in [3.05, 3.63) is 63.6 Å². The number of nitrogens with zero attached hydrogens (tertiary/aromatic N) is 1. The van der Waals surface area contributed by atoms with Gasteiger partial charge in [-0.2, -0.15) is 4.31 Å². The van der Waals surface area contributed by atoms with Gasteiger partial charge in [0.15, 0.2) is 6.10 Å². The Labute approximate surface area is 204 Å². The van der Waals surface area contributed by atoms with Gasteiger partial charge in [0.1, 0.15) is 0 Å². The molecular weight excluding hydrogens is 487 g/mol. The van der Waals surface area contributed by atoms with Gasteiger partial charge in [-0.1, -0.05) is 49.2 Å². The lowest BCUT2D eigenvalue weighted by Gasteiger charge is -2.20. The fourth-order valence-corrected chi connectivity index (χ4v) is 5.14. The zero-order chi connectivity index (χ0) is 24.8. The van der Waals surface area contributed by atoms with Gasteiger partial charge < -0.3 is 10.1 Å². The summed E-state index contributed by atoms with van der Waals surface area (Å²) in [5, 5.41) is 3.43. The number of anilines is 1. The summed E-state index contributed by atoms with van der Waals surface area (Å²) in [7, 11) is -3.70. The van der Waals surface area contributed by atoms with E-state index in [1.165, 1.54) is 23.4 Å². The van der Waals surface area contributed by atoms with Crippen molar-refractivity contribution in [2.75, 3.05) is 18.4 Å². The number of benzene rings is 2. The van der Waals surface area contributed by atoms with Crippen LogP contribution in [0.15, 0.2) is 47.4 Å². The molecule has 2 aromatic carbocycles. The van der Waals surface area contributed by atoms with E-state index in [2.05, 4.69) is 5.32 Å². The molecule has 0 saturated carbocycles. The highest BCUT2D eigenvalue weighted by Crippen LogP contribution is 2.24. The smallest absolute Gasteiger partial charge is 0.331 e. The number of aryl methyl sites for hydroxylation is 1. The molecule has 0 saturated heterocycles. The van der Waals surface area contributed by atoms with E-state index in [0.717, 1.165) is 6.08 Å². The quantitative estimate of drug-likeness (QED) is 0.380. The van der Waals surface area contributed by atoms with Gasteiger partial charge in [-0.25, -0.2) is 13.2 Å². The average Bonchev–Trinajstić information content (AvgIpc) is 2.74. The molecule has 0 aliphatic carbocycles. The Hall–Kier alpha value is -2.39. The van der Waals surface area contributed by atoms with E-state index >= 15 is 0 Å². The lowest BCUT2D eigenvalue weighted by molar-refractivity contribution is -0.148. The summed E-state index contributed by atoms with van der Waals surface area (Å²) in [6, 6.07) is 9.42.